The molecule has 114 valence electrons. The van der Waals surface area contributed by atoms with Crippen LogP contribution in [0, 0.1) is 13.8 Å². The number of rotatable bonds is 5. The lowest BCUT2D eigenvalue weighted by Crippen LogP contribution is -2.37. The maximum absolute atomic E-state index is 11.0. The van der Waals surface area contributed by atoms with Crippen LogP contribution in [0.5, 0.6) is 0 Å². The maximum Gasteiger partial charge on any atom is 0.307 e. The Bertz CT molecular complexity index is 462. The fourth-order valence-corrected chi connectivity index (χ4v) is 2.38. The van der Waals surface area contributed by atoms with Crippen molar-refractivity contribution in [3.05, 3.63) is 15.6 Å². The third kappa shape index (κ3) is 6.51. The number of methoxy groups -OCH3 is 1. The van der Waals surface area contributed by atoms with Crippen LogP contribution >= 0.6 is 35.3 Å². The van der Waals surface area contributed by atoms with Gasteiger partial charge in [0.25, 0.3) is 0 Å². The molecule has 0 fully saturated rings. The van der Waals surface area contributed by atoms with Gasteiger partial charge in [-0.05, 0) is 13.8 Å². The summed E-state index contributed by atoms with van der Waals surface area (Å²) in [7, 11) is 3.07. The van der Waals surface area contributed by atoms with Crippen LogP contribution in [0.3, 0.4) is 0 Å². The van der Waals surface area contributed by atoms with E-state index in [1.165, 1.54) is 12.0 Å². The Morgan fingerprint density at radius 1 is 1.40 bits per heavy atom. The highest BCUT2D eigenvalue weighted by Gasteiger charge is 2.06. The molecule has 2 N–H and O–H groups in total. The van der Waals surface area contributed by atoms with Crippen molar-refractivity contribution in [2.45, 2.75) is 26.8 Å². The minimum Gasteiger partial charge on any atom is -0.469 e. The van der Waals surface area contributed by atoms with Gasteiger partial charge in [0.2, 0.25) is 0 Å². The third-order valence-corrected chi connectivity index (χ3v) is 3.56. The van der Waals surface area contributed by atoms with Crippen LogP contribution in [0.1, 0.15) is 22.0 Å². The Hall–Kier alpha value is -0.900. The Labute approximate surface area is 140 Å². The molecule has 0 amide bonds. The first-order valence-corrected chi connectivity index (χ1v) is 6.82. The van der Waals surface area contributed by atoms with Gasteiger partial charge in [0.05, 0.1) is 30.8 Å². The first kappa shape index (κ1) is 19.1. The van der Waals surface area contributed by atoms with E-state index in [0.717, 1.165) is 10.7 Å². The number of nitrogens with zero attached hydrogens (tertiary/aromatic N) is 2. The lowest BCUT2D eigenvalue weighted by atomic mass is 10.4. The highest BCUT2D eigenvalue weighted by atomic mass is 127. The van der Waals surface area contributed by atoms with Crippen molar-refractivity contribution in [2.75, 3.05) is 20.7 Å². The highest BCUT2D eigenvalue weighted by Crippen LogP contribution is 2.16. The zero-order valence-electron chi connectivity index (χ0n) is 12.1. The topological polar surface area (TPSA) is 75.6 Å². The van der Waals surface area contributed by atoms with Crippen LogP contribution in [0.4, 0.5) is 0 Å². The summed E-state index contributed by atoms with van der Waals surface area (Å²) < 4.78 is 4.57. The van der Waals surface area contributed by atoms with Crippen LogP contribution in [0.25, 0.3) is 0 Å². The molecule has 1 rings (SSSR count). The first-order chi connectivity index (χ1) is 9.06. The van der Waals surface area contributed by atoms with E-state index in [1.807, 2.05) is 13.8 Å². The fourth-order valence-electron chi connectivity index (χ4n) is 1.51. The second-order valence-electron chi connectivity index (χ2n) is 3.92. The molecule has 8 heteroatoms. The predicted molar refractivity (Wildman–Crippen MR) is 91.8 cm³/mol. The Morgan fingerprint density at radius 2 is 2.10 bits per heavy atom. The Balaban J connectivity index is 0.00000361. The minimum atomic E-state index is -0.239. The number of hydrogen-bond acceptors (Lipinski definition) is 5. The smallest absolute Gasteiger partial charge is 0.307 e. The molecule has 0 aliphatic rings. The summed E-state index contributed by atoms with van der Waals surface area (Å²) in [5.41, 5.74) is 1.04. The van der Waals surface area contributed by atoms with Crippen LogP contribution in [-0.2, 0) is 16.1 Å². The summed E-state index contributed by atoms with van der Waals surface area (Å²) in [5.74, 6) is 0.422. The van der Waals surface area contributed by atoms with E-state index in [4.69, 9.17) is 0 Å². The number of carbonyl (C=O) groups is 1. The van der Waals surface area contributed by atoms with Gasteiger partial charge in [0, 0.05) is 18.5 Å². The maximum atomic E-state index is 11.0. The average molecular weight is 412 g/mol. The van der Waals surface area contributed by atoms with Crippen LogP contribution in [0.15, 0.2) is 4.99 Å². The summed E-state index contributed by atoms with van der Waals surface area (Å²) in [4.78, 5) is 20.6. The van der Waals surface area contributed by atoms with Gasteiger partial charge in [-0.2, -0.15) is 0 Å². The van der Waals surface area contributed by atoms with Crippen molar-refractivity contribution in [3.63, 3.8) is 0 Å². The van der Waals surface area contributed by atoms with Gasteiger partial charge < -0.3 is 15.4 Å². The quantitative estimate of drug-likeness (QED) is 0.333. The number of ether oxygens (including phenoxy) is 1. The van der Waals surface area contributed by atoms with Gasteiger partial charge in [-0.15, -0.1) is 35.3 Å². The van der Waals surface area contributed by atoms with Crippen molar-refractivity contribution >= 4 is 47.2 Å². The predicted octanol–water partition coefficient (Wildman–Crippen LogP) is 1.61. The molecule has 20 heavy (non-hydrogen) atoms. The fraction of sp³-hybridized carbons (Fsp3) is 0.583. The number of carbonyl (C=O) groups excluding carboxylic acids is 1. The van der Waals surface area contributed by atoms with E-state index in [0.29, 0.717) is 25.5 Å². The molecule has 0 saturated carbocycles. The molecule has 0 atom stereocenters. The minimum absolute atomic E-state index is 0. The molecule has 0 spiro atoms. The van der Waals surface area contributed by atoms with Crippen molar-refractivity contribution in [1.29, 1.82) is 0 Å². The van der Waals surface area contributed by atoms with Gasteiger partial charge in [0.15, 0.2) is 5.96 Å². The van der Waals surface area contributed by atoms with Crippen molar-refractivity contribution in [1.82, 2.24) is 15.6 Å². The SMILES string of the molecule is CN=C(NCCC(=O)OC)NCc1sc(C)nc1C.I. The summed E-state index contributed by atoms with van der Waals surface area (Å²) in [6.45, 7) is 5.15. The highest BCUT2D eigenvalue weighted by molar-refractivity contribution is 14.0. The molecule has 0 saturated heterocycles. The van der Waals surface area contributed by atoms with Gasteiger partial charge in [-0.25, -0.2) is 4.98 Å². The molecule has 0 bridgehead atoms. The standard InChI is InChI=1S/C12H20N4O2S.HI/c1-8-10(19-9(2)16-8)7-15-12(13-3)14-6-5-11(17)18-4;/h5-7H2,1-4H3,(H2,13,14,15);1H. The van der Waals surface area contributed by atoms with Crippen molar-refractivity contribution in [2.24, 2.45) is 4.99 Å². The van der Waals surface area contributed by atoms with Gasteiger partial charge in [-0.3, -0.25) is 9.79 Å². The van der Waals surface area contributed by atoms with Crippen molar-refractivity contribution in [3.8, 4) is 0 Å². The molecule has 1 aromatic rings. The molecule has 6 nitrogen and oxygen atoms in total. The molecular weight excluding hydrogens is 391 g/mol. The lowest BCUT2D eigenvalue weighted by Gasteiger charge is -2.10. The number of nitrogens with one attached hydrogen (secondary N) is 2. The van der Waals surface area contributed by atoms with E-state index < -0.39 is 0 Å². The van der Waals surface area contributed by atoms with Crippen LogP contribution in [-0.4, -0.2) is 37.6 Å². The normalized spacial score (nSPS) is 10.7. The number of hydrogen-bond donors (Lipinski definition) is 2. The molecular formula is C12H21IN4O2S. The second-order valence-corrected chi connectivity index (χ2v) is 5.21. The van der Waals surface area contributed by atoms with Crippen LogP contribution < -0.4 is 10.6 Å². The molecule has 1 heterocycles. The van der Waals surface area contributed by atoms with E-state index in [-0.39, 0.29) is 29.9 Å². The van der Waals surface area contributed by atoms with Gasteiger partial charge in [0.1, 0.15) is 0 Å². The number of aliphatic imine (C=N–C) groups is 1. The number of aromatic nitrogens is 1. The van der Waals surface area contributed by atoms with E-state index in [9.17, 15) is 4.79 Å². The largest absolute Gasteiger partial charge is 0.469 e. The average Bonchev–Trinajstić information content (AvgIpc) is 2.71. The summed E-state index contributed by atoms with van der Waals surface area (Å²) >= 11 is 1.67. The monoisotopic (exact) mass is 412 g/mol. The zero-order valence-corrected chi connectivity index (χ0v) is 15.3. The lowest BCUT2D eigenvalue weighted by molar-refractivity contribution is -0.140. The summed E-state index contributed by atoms with van der Waals surface area (Å²) in [6, 6.07) is 0. The number of thiazole rings is 1. The number of halogens is 1. The molecule has 0 aromatic carbocycles. The van der Waals surface area contributed by atoms with E-state index >= 15 is 0 Å². The van der Waals surface area contributed by atoms with E-state index in [1.54, 1.807) is 18.4 Å². The Morgan fingerprint density at radius 3 is 2.60 bits per heavy atom. The number of esters is 1. The van der Waals surface area contributed by atoms with Crippen LogP contribution in [0.2, 0.25) is 0 Å². The zero-order chi connectivity index (χ0) is 14.3. The first-order valence-electron chi connectivity index (χ1n) is 6.01. The van der Waals surface area contributed by atoms with Gasteiger partial charge >= 0.3 is 5.97 Å². The molecule has 0 aliphatic heterocycles. The second kappa shape index (κ2) is 9.92. The molecule has 0 aliphatic carbocycles. The molecule has 1 aromatic heterocycles. The Kier molecular flexibility index (Phi) is 9.47. The molecule has 0 unspecified atom stereocenters. The number of guanidine groups is 1. The van der Waals surface area contributed by atoms with Crippen molar-refractivity contribution < 1.29 is 9.53 Å². The molecule has 0 radical (unpaired) electrons. The summed E-state index contributed by atoms with van der Waals surface area (Å²) in [6.07, 6.45) is 0.315. The third-order valence-electron chi connectivity index (χ3n) is 2.49. The van der Waals surface area contributed by atoms with Gasteiger partial charge in [-0.1, -0.05) is 0 Å². The number of aryl methyl sites for hydroxylation is 2. The summed E-state index contributed by atoms with van der Waals surface area (Å²) in [5, 5.41) is 7.30. The van der Waals surface area contributed by atoms with E-state index in [2.05, 4.69) is 25.3 Å².